The molecule has 1 N–H and O–H groups in total. The molecule has 0 aromatic carbocycles. The van der Waals surface area contributed by atoms with Crippen LogP contribution in [0.25, 0.3) is 0 Å². The van der Waals surface area contributed by atoms with Crippen LogP contribution in [0, 0.1) is 23.2 Å². The maximum absolute atomic E-state index is 12.1. The van der Waals surface area contributed by atoms with Crippen LogP contribution in [0.1, 0.15) is 60.3 Å². The molecular formula is C18H34O5Si. The number of carboxylic acid groups (broad SMARTS) is 1. The van der Waals surface area contributed by atoms with Crippen LogP contribution in [0.2, 0.25) is 5.54 Å². The van der Waals surface area contributed by atoms with E-state index < -0.39 is 20.2 Å². The van der Waals surface area contributed by atoms with E-state index in [9.17, 15) is 9.90 Å². The molecule has 0 aromatic heterocycles. The third kappa shape index (κ3) is 3.43. The molecule has 6 heteroatoms. The van der Waals surface area contributed by atoms with Crippen molar-refractivity contribution in [1.29, 1.82) is 0 Å². The first-order valence-electron chi connectivity index (χ1n) is 9.50. The third-order valence-electron chi connectivity index (χ3n) is 5.79. The van der Waals surface area contributed by atoms with Gasteiger partial charge in [0.1, 0.15) is 0 Å². The van der Waals surface area contributed by atoms with E-state index in [1.807, 2.05) is 20.8 Å². The molecular weight excluding hydrogens is 324 g/mol. The Labute approximate surface area is 147 Å². The van der Waals surface area contributed by atoms with Gasteiger partial charge < -0.3 is 18.4 Å². The highest BCUT2D eigenvalue weighted by molar-refractivity contribution is 6.62. The Morgan fingerprint density at radius 3 is 2.00 bits per heavy atom. The molecule has 0 amide bonds. The summed E-state index contributed by atoms with van der Waals surface area (Å²) in [5.74, 6) is 0.354. The van der Waals surface area contributed by atoms with E-state index in [1.54, 1.807) is 0 Å². The van der Waals surface area contributed by atoms with Gasteiger partial charge in [0.05, 0.1) is 5.41 Å². The Hall–Kier alpha value is -0.433. The SMILES string of the molecule is CCO[Si](OCC)(OCC)C1CC2CC1CC2(CC(C)C)C(=O)O. The van der Waals surface area contributed by atoms with Crippen molar-refractivity contribution in [2.75, 3.05) is 19.8 Å². The van der Waals surface area contributed by atoms with E-state index in [-0.39, 0.29) is 11.5 Å². The van der Waals surface area contributed by atoms with E-state index in [0.717, 1.165) is 25.7 Å². The molecule has 0 saturated heterocycles. The van der Waals surface area contributed by atoms with Gasteiger partial charge in [-0.15, -0.1) is 0 Å². The summed E-state index contributed by atoms with van der Waals surface area (Å²) in [6.45, 7) is 11.9. The van der Waals surface area contributed by atoms with Crippen molar-refractivity contribution in [3.8, 4) is 0 Å². The van der Waals surface area contributed by atoms with Crippen LogP contribution >= 0.6 is 0 Å². The van der Waals surface area contributed by atoms with E-state index in [1.165, 1.54) is 0 Å². The molecule has 2 bridgehead atoms. The minimum absolute atomic E-state index is 0.223. The average Bonchev–Trinajstić information content (AvgIpc) is 3.05. The van der Waals surface area contributed by atoms with Crippen LogP contribution in [0.15, 0.2) is 0 Å². The fraction of sp³-hybridized carbons (Fsp3) is 0.944. The van der Waals surface area contributed by atoms with Crippen molar-refractivity contribution in [2.24, 2.45) is 23.2 Å². The normalized spacial score (nSPS) is 32.7. The van der Waals surface area contributed by atoms with E-state index in [2.05, 4.69) is 13.8 Å². The fourth-order valence-electron chi connectivity index (χ4n) is 5.25. The molecule has 0 radical (unpaired) electrons. The molecule has 2 aliphatic rings. The Morgan fingerprint density at radius 2 is 1.67 bits per heavy atom. The Balaban J connectivity index is 2.24. The van der Waals surface area contributed by atoms with Crippen LogP contribution < -0.4 is 0 Å². The molecule has 2 rings (SSSR count). The summed E-state index contributed by atoms with van der Waals surface area (Å²) in [5.41, 5.74) is -0.304. The lowest BCUT2D eigenvalue weighted by atomic mass is 9.68. The minimum Gasteiger partial charge on any atom is -0.481 e. The maximum Gasteiger partial charge on any atom is 0.504 e. The Morgan fingerprint density at radius 1 is 1.12 bits per heavy atom. The lowest BCUT2D eigenvalue weighted by Crippen LogP contribution is -2.53. The summed E-state index contributed by atoms with van der Waals surface area (Å²) in [6.07, 6.45) is 3.36. The van der Waals surface area contributed by atoms with Crippen LogP contribution in [-0.4, -0.2) is 39.7 Å². The number of carbonyl (C=O) groups is 1. The monoisotopic (exact) mass is 358 g/mol. The van der Waals surface area contributed by atoms with Gasteiger partial charge in [-0.2, -0.15) is 0 Å². The summed E-state index contributed by atoms with van der Waals surface area (Å²) < 4.78 is 18.3. The molecule has 4 unspecified atom stereocenters. The number of carboxylic acids is 1. The van der Waals surface area contributed by atoms with Gasteiger partial charge in [-0.05, 0) is 64.2 Å². The van der Waals surface area contributed by atoms with Crippen molar-refractivity contribution in [1.82, 2.24) is 0 Å². The number of fused-ring (bicyclic) bond motifs is 2. The molecule has 5 nitrogen and oxygen atoms in total. The van der Waals surface area contributed by atoms with Gasteiger partial charge in [0.2, 0.25) is 0 Å². The van der Waals surface area contributed by atoms with E-state index in [4.69, 9.17) is 13.3 Å². The third-order valence-corrected chi connectivity index (χ3v) is 9.48. The molecule has 0 heterocycles. The first kappa shape index (κ1) is 19.9. The molecule has 2 saturated carbocycles. The molecule has 0 aliphatic heterocycles. The molecule has 4 atom stereocenters. The Bertz CT molecular complexity index is 424. The topological polar surface area (TPSA) is 65.0 Å². The number of rotatable bonds is 10. The summed E-state index contributed by atoms with van der Waals surface area (Å²) in [5, 5.41) is 9.95. The maximum atomic E-state index is 12.1. The lowest BCUT2D eigenvalue weighted by molar-refractivity contribution is -0.154. The second kappa shape index (κ2) is 7.85. The number of aliphatic carboxylic acids is 1. The highest BCUT2D eigenvalue weighted by Gasteiger charge is 2.66. The van der Waals surface area contributed by atoms with Crippen molar-refractivity contribution in [3.63, 3.8) is 0 Å². The second-order valence-electron chi connectivity index (χ2n) is 7.70. The van der Waals surface area contributed by atoms with Crippen molar-refractivity contribution < 1.29 is 23.2 Å². The van der Waals surface area contributed by atoms with E-state index in [0.29, 0.717) is 31.7 Å². The minimum atomic E-state index is -2.75. The van der Waals surface area contributed by atoms with Gasteiger partial charge in [0.25, 0.3) is 0 Å². The highest BCUT2D eigenvalue weighted by atomic mass is 28.4. The summed E-state index contributed by atoms with van der Waals surface area (Å²) in [4.78, 5) is 12.1. The summed E-state index contributed by atoms with van der Waals surface area (Å²) in [6, 6.07) is 0. The van der Waals surface area contributed by atoms with Gasteiger partial charge in [-0.1, -0.05) is 13.8 Å². The van der Waals surface area contributed by atoms with Crippen molar-refractivity contribution >= 4 is 14.8 Å². The quantitative estimate of drug-likeness (QED) is 0.599. The zero-order valence-corrected chi connectivity index (χ0v) is 16.8. The van der Waals surface area contributed by atoms with Crippen LogP contribution in [0.3, 0.4) is 0 Å². The average molecular weight is 359 g/mol. The molecule has 2 fully saturated rings. The summed E-state index contributed by atoms with van der Waals surface area (Å²) in [7, 11) is -2.75. The second-order valence-corrected chi connectivity index (χ2v) is 10.5. The Kier molecular flexibility index (Phi) is 6.50. The number of hydrogen-bond donors (Lipinski definition) is 1. The standard InChI is InChI=1S/C18H34O5Si/c1-6-21-24(22-7-2,23-8-3)16-10-15-9-14(16)12-18(15,17(19)20)11-13(4)5/h13-16H,6-12H2,1-5H3,(H,19,20). The highest BCUT2D eigenvalue weighted by Crippen LogP contribution is 2.65. The lowest BCUT2D eigenvalue weighted by Gasteiger charge is -2.42. The van der Waals surface area contributed by atoms with Crippen LogP contribution in [0.4, 0.5) is 0 Å². The molecule has 24 heavy (non-hydrogen) atoms. The van der Waals surface area contributed by atoms with E-state index >= 15 is 0 Å². The molecule has 0 aromatic rings. The predicted octanol–water partition coefficient (Wildman–Crippen LogP) is 3.95. The molecule has 2 aliphatic carbocycles. The molecule has 140 valence electrons. The fourth-order valence-corrected chi connectivity index (χ4v) is 8.75. The van der Waals surface area contributed by atoms with Gasteiger partial charge >= 0.3 is 14.8 Å². The van der Waals surface area contributed by atoms with Gasteiger partial charge in [0, 0.05) is 25.4 Å². The zero-order valence-electron chi connectivity index (χ0n) is 15.8. The van der Waals surface area contributed by atoms with Gasteiger partial charge in [-0.25, -0.2) is 0 Å². The first-order chi connectivity index (χ1) is 11.3. The van der Waals surface area contributed by atoms with Crippen LogP contribution in [-0.2, 0) is 18.1 Å². The van der Waals surface area contributed by atoms with Crippen molar-refractivity contribution in [2.45, 2.75) is 65.8 Å². The first-order valence-corrected chi connectivity index (χ1v) is 11.3. The van der Waals surface area contributed by atoms with Crippen molar-refractivity contribution in [3.05, 3.63) is 0 Å². The zero-order chi connectivity index (χ0) is 18.0. The molecule has 0 spiro atoms. The smallest absolute Gasteiger partial charge is 0.481 e. The predicted molar refractivity (Wildman–Crippen MR) is 94.7 cm³/mol. The van der Waals surface area contributed by atoms with Crippen LogP contribution in [0.5, 0.6) is 0 Å². The number of hydrogen-bond acceptors (Lipinski definition) is 4. The van der Waals surface area contributed by atoms with Gasteiger partial charge in [-0.3, -0.25) is 4.79 Å². The largest absolute Gasteiger partial charge is 0.504 e. The van der Waals surface area contributed by atoms with Gasteiger partial charge in [0.15, 0.2) is 0 Å². The summed E-state index contributed by atoms with van der Waals surface area (Å²) >= 11 is 0.